The monoisotopic (exact) mass is 358 g/mol. The van der Waals surface area contributed by atoms with Gasteiger partial charge in [0, 0.05) is 28.6 Å². The Kier molecular flexibility index (Phi) is 3.99. The topological polar surface area (TPSA) is 83.0 Å². The number of nitrogens with zero attached hydrogens (tertiary/aromatic N) is 3. The van der Waals surface area contributed by atoms with Crippen molar-refractivity contribution < 1.29 is 9.63 Å². The third-order valence-electron chi connectivity index (χ3n) is 3.07. The number of aromatic nitrogens is 3. The van der Waals surface area contributed by atoms with Crippen molar-refractivity contribution in [3.8, 4) is 16.9 Å². The number of carbonyl (C=O) groups is 1. The van der Waals surface area contributed by atoms with E-state index in [0.717, 1.165) is 15.7 Å². The molecule has 0 aliphatic rings. The van der Waals surface area contributed by atoms with Crippen LogP contribution in [0.15, 0.2) is 59.5 Å². The molecular weight excluding hydrogens is 348 g/mol. The van der Waals surface area contributed by atoms with Gasteiger partial charge in [-0.25, -0.2) is 9.48 Å². The van der Waals surface area contributed by atoms with Gasteiger partial charge in [0.2, 0.25) is 0 Å². The highest BCUT2D eigenvalue weighted by Crippen LogP contribution is 2.26. The van der Waals surface area contributed by atoms with Gasteiger partial charge in [-0.05, 0) is 24.3 Å². The number of benzene rings is 1. The lowest BCUT2D eigenvalue weighted by atomic mass is 10.1. The number of nitrogens with two attached hydrogens (primary N) is 1. The SMILES string of the molecule is NOC(=O)c1cn(-c2ccncc2)nc1-c1cccc(Br)c1. The Bertz CT molecular complexity index is 817. The first kappa shape index (κ1) is 14.4. The average molecular weight is 359 g/mol. The van der Waals surface area contributed by atoms with Crippen LogP contribution in [-0.2, 0) is 4.84 Å². The van der Waals surface area contributed by atoms with Crippen LogP contribution in [-0.4, -0.2) is 20.7 Å². The van der Waals surface area contributed by atoms with Gasteiger partial charge in [0.25, 0.3) is 0 Å². The largest absolute Gasteiger partial charge is 0.370 e. The van der Waals surface area contributed by atoms with E-state index >= 15 is 0 Å². The van der Waals surface area contributed by atoms with Crippen LogP contribution < -0.4 is 5.90 Å². The Labute approximate surface area is 134 Å². The molecule has 2 N–H and O–H groups in total. The van der Waals surface area contributed by atoms with Gasteiger partial charge >= 0.3 is 5.97 Å². The normalized spacial score (nSPS) is 10.5. The zero-order chi connectivity index (χ0) is 15.5. The zero-order valence-corrected chi connectivity index (χ0v) is 12.9. The molecule has 0 spiro atoms. The molecule has 0 amide bonds. The molecule has 22 heavy (non-hydrogen) atoms. The Morgan fingerprint density at radius 3 is 2.68 bits per heavy atom. The molecule has 110 valence electrons. The molecule has 3 rings (SSSR count). The summed E-state index contributed by atoms with van der Waals surface area (Å²) in [5.74, 6) is 4.38. The van der Waals surface area contributed by atoms with Gasteiger partial charge in [-0.15, -0.1) is 0 Å². The molecule has 3 aromatic rings. The van der Waals surface area contributed by atoms with Crippen LogP contribution in [0.25, 0.3) is 16.9 Å². The van der Waals surface area contributed by atoms with Crippen molar-refractivity contribution in [1.29, 1.82) is 0 Å². The van der Waals surface area contributed by atoms with Crippen molar-refractivity contribution in [3.63, 3.8) is 0 Å². The van der Waals surface area contributed by atoms with E-state index < -0.39 is 5.97 Å². The minimum absolute atomic E-state index is 0.289. The summed E-state index contributed by atoms with van der Waals surface area (Å²) < 4.78 is 2.47. The number of hydrogen-bond donors (Lipinski definition) is 1. The lowest BCUT2D eigenvalue weighted by Gasteiger charge is -2.01. The first-order valence-corrected chi connectivity index (χ1v) is 7.15. The molecule has 0 fully saturated rings. The summed E-state index contributed by atoms with van der Waals surface area (Å²) in [6.07, 6.45) is 4.88. The number of carbonyl (C=O) groups excluding carboxylic acids is 1. The van der Waals surface area contributed by atoms with Crippen LogP contribution in [0, 0.1) is 0 Å². The number of hydrogen-bond acceptors (Lipinski definition) is 5. The second-order valence-electron chi connectivity index (χ2n) is 4.46. The molecule has 0 atom stereocenters. The maximum absolute atomic E-state index is 11.9. The molecule has 0 saturated carbocycles. The Hall–Kier alpha value is -2.51. The molecule has 0 unspecified atom stereocenters. The fraction of sp³-hybridized carbons (Fsp3) is 0. The molecule has 0 bridgehead atoms. The molecule has 7 heteroatoms. The summed E-state index contributed by atoms with van der Waals surface area (Å²) in [6.45, 7) is 0. The molecular formula is C15H11BrN4O2. The van der Waals surface area contributed by atoms with Crippen molar-refractivity contribution in [2.75, 3.05) is 0 Å². The summed E-state index contributed by atoms with van der Waals surface area (Å²) in [7, 11) is 0. The van der Waals surface area contributed by atoms with Crippen molar-refractivity contribution in [1.82, 2.24) is 14.8 Å². The smallest absolute Gasteiger partial charge is 0.360 e. The third kappa shape index (κ3) is 2.76. The minimum Gasteiger partial charge on any atom is -0.370 e. The van der Waals surface area contributed by atoms with E-state index in [0.29, 0.717) is 5.69 Å². The summed E-state index contributed by atoms with van der Waals surface area (Å²) in [5, 5.41) is 4.47. The van der Waals surface area contributed by atoms with Crippen molar-refractivity contribution in [3.05, 3.63) is 65.0 Å². The van der Waals surface area contributed by atoms with Crippen molar-refractivity contribution in [2.24, 2.45) is 5.90 Å². The van der Waals surface area contributed by atoms with Crippen LogP contribution in [0.3, 0.4) is 0 Å². The number of pyridine rings is 1. The maximum Gasteiger partial charge on any atom is 0.360 e. The van der Waals surface area contributed by atoms with Crippen molar-refractivity contribution >= 4 is 21.9 Å². The number of halogens is 1. The summed E-state index contributed by atoms with van der Waals surface area (Å²) in [5.41, 5.74) is 2.34. The van der Waals surface area contributed by atoms with Gasteiger partial charge in [0.15, 0.2) is 0 Å². The fourth-order valence-corrected chi connectivity index (χ4v) is 2.46. The average Bonchev–Trinajstić information content (AvgIpc) is 3.00. The molecule has 0 radical (unpaired) electrons. The van der Waals surface area contributed by atoms with E-state index in [1.54, 1.807) is 35.4 Å². The van der Waals surface area contributed by atoms with Gasteiger partial charge in [-0.1, -0.05) is 28.1 Å². The first-order chi connectivity index (χ1) is 10.7. The summed E-state index contributed by atoms with van der Waals surface area (Å²) >= 11 is 3.41. The Morgan fingerprint density at radius 1 is 1.23 bits per heavy atom. The van der Waals surface area contributed by atoms with E-state index in [-0.39, 0.29) is 5.56 Å². The van der Waals surface area contributed by atoms with Crippen LogP contribution in [0.4, 0.5) is 0 Å². The van der Waals surface area contributed by atoms with Crippen molar-refractivity contribution in [2.45, 2.75) is 0 Å². The zero-order valence-electron chi connectivity index (χ0n) is 11.3. The van der Waals surface area contributed by atoms with Gasteiger partial charge in [-0.2, -0.15) is 11.0 Å². The Balaban J connectivity index is 2.16. The van der Waals surface area contributed by atoms with Gasteiger partial charge in [0.05, 0.1) is 5.69 Å². The molecule has 0 aliphatic heterocycles. The summed E-state index contributed by atoms with van der Waals surface area (Å²) in [4.78, 5) is 20.2. The first-order valence-electron chi connectivity index (χ1n) is 6.36. The molecule has 2 heterocycles. The lowest BCUT2D eigenvalue weighted by Crippen LogP contribution is -2.10. The highest BCUT2D eigenvalue weighted by molar-refractivity contribution is 9.10. The third-order valence-corrected chi connectivity index (χ3v) is 3.56. The van der Waals surface area contributed by atoms with Gasteiger partial charge in [-0.3, -0.25) is 4.98 Å². The lowest BCUT2D eigenvalue weighted by molar-refractivity contribution is 0.0504. The van der Waals surface area contributed by atoms with Gasteiger partial charge < -0.3 is 4.84 Å². The second kappa shape index (κ2) is 6.08. The summed E-state index contributed by atoms with van der Waals surface area (Å²) in [6, 6.07) is 11.1. The standard InChI is InChI=1S/C15H11BrN4O2/c16-11-3-1-2-10(8-11)14-13(15(21)22-17)9-20(19-14)12-4-6-18-7-5-12/h1-9H,17H2. The molecule has 2 aromatic heterocycles. The number of rotatable bonds is 3. The van der Waals surface area contributed by atoms with Crippen LogP contribution in [0.2, 0.25) is 0 Å². The minimum atomic E-state index is -0.643. The van der Waals surface area contributed by atoms with Crippen LogP contribution >= 0.6 is 15.9 Å². The second-order valence-corrected chi connectivity index (χ2v) is 5.37. The van der Waals surface area contributed by atoms with E-state index in [4.69, 9.17) is 5.90 Å². The highest BCUT2D eigenvalue weighted by Gasteiger charge is 2.19. The van der Waals surface area contributed by atoms with Crippen LogP contribution in [0.1, 0.15) is 10.4 Å². The quantitative estimate of drug-likeness (QED) is 0.727. The fourth-order valence-electron chi connectivity index (χ4n) is 2.06. The maximum atomic E-state index is 11.9. The van der Waals surface area contributed by atoms with E-state index in [9.17, 15) is 4.79 Å². The Morgan fingerprint density at radius 2 is 2.00 bits per heavy atom. The molecule has 0 aliphatic carbocycles. The molecule has 0 saturated heterocycles. The van der Waals surface area contributed by atoms with Gasteiger partial charge in [0.1, 0.15) is 11.3 Å². The predicted molar refractivity (Wildman–Crippen MR) is 84.1 cm³/mol. The highest BCUT2D eigenvalue weighted by atomic mass is 79.9. The van der Waals surface area contributed by atoms with E-state index in [1.165, 1.54) is 0 Å². The van der Waals surface area contributed by atoms with E-state index in [2.05, 4.69) is 30.9 Å². The molecule has 6 nitrogen and oxygen atoms in total. The molecule has 1 aromatic carbocycles. The van der Waals surface area contributed by atoms with Crippen LogP contribution in [0.5, 0.6) is 0 Å². The van der Waals surface area contributed by atoms with E-state index in [1.807, 2.05) is 24.3 Å². The predicted octanol–water partition coefficient (Wildman–Crippen LogP) is 2.73.